The molecule has 4 aromatic rings. The molecular formula is C31H36N4O4. The first-order chi connectivity index (χ1) is 18.5. The van der Waals surface area contributed by atoms with Crippen LogP contribution in [0.25, 0.3) is 11.0 Å². The maximum absolute atomic E-state index is 12.0. The third-order valence-corrected chi connectivity index (χ3v) is 7.66. The Labute approximate surface area is 229 Å². The van der Waals surface area contributed by atoms with Crippen LogP contribution in [0.4, 0.5) is 0 Å². The number of benzene rings is 3. The van der Waals surface area contributed by atoms with Gasteiger partial charge in [-0.1, -0.05) is 35.5 Å². The fraction of sp³-hybridized carbons (Fsp3) is 0.387. The maximum Gasteiger partial charge on any atom is 0.304 e. The maximum atomic E-state index is 12.0. The van der Waals surface area contributed by atoms with E-state index in [1.807, 2.05) is 38.2 Å². The lowest BCUT2D eigenvalue weighted by Gasteiger charge is -2.30. The van der Waals surface area contributed by atoms with Crippen LogP contribution >= 0.6 is 0 Å². The summed E-state index contributed by atoms with van der Waals surface area (Å²) in [5, 5.41) is 18.3. The molecule has 0 unspecified atom stereocenters. The third kappa shape index (κ3) is 5.47. The molecule has 1 N–H and O–H groups in total. The minimum atomic E-state index is -0.834. The van der Waals surface area contributed by atoms with Gasteiger partial charge >= 0.3 is 5.97 Å². The number of fused-ring (bicyclic) bond motifs is 2. The Kier molecular flexibility index (Phi) is 7.07. The van der Waals surface area contributed by atoms with E-state index in [2.05, 4.69) is 60.2 Å². The Bertz CT molecular complexity index is 1540. The summed E-state index contributed by atoms with van der Waals surface area (Å²) in [5.74, 6) is 0.495. The van der Waals surface area contributed by atoms with Crippen molar-refractivity contribution in [1.82, 2.24) is 19.9 Å². The molecule has 0 spiro atoms. The average molecular weight is 529 g/mol. The van der Waals surface area contributed by atoms with Crippen molar-refractivity contribution in [2.45, 2.75) is 58.7 Å². The molecular weight excluding hydrogens is 492 g/mol. The highest BCUT2D eigenvalue weighted by atomic mass is 16.5. The molecule has 0 radical (unpaired) electrons. The van der Waals surface area contributed by atoms with Crippen LogP contribution in [0.1, 0.15) is 59.6 Å². The Morgan fingerprint density at radius 1 is 1.15 bits per heavy atom. The van der Waals surface area contributed by atoms with Gasteiger partial charge in [0, 0.05) is 44.2 Å². The van der Waals surface area contributed by atoms with Crippen molar-refractivity contribution in [3.8, 4) is 11.5 Å². The van der Waals surface area contributed by atoms with E-state index in [4.69, 9.17) is 9.47 Å². The van der Waals surface area contributed by atoms with E-state index in [9.17, 15) is 9.90 Å². The molecule has 0 amide bonds. The molecule has 1 aliphatic rings. The molecule has 1 aliphatic heterocycles. The van der Waals surface area contributed by atoms with E-state index in [-0.39, 0.29) is 12.3 Å². The van der Waals surface area contributed by atoms with Gasteiger partial charge in [0.05, 0.1) is 19.0 Å². The molecule has 2 heterocycles. The zero-order valence-corrected chi connectivity index (χ0v) is 23.5. The second-order valence-electron chi connectivity index (χ2n) is 11.2. The number of carboxylic acid groups (broad SMARTS) is 1. The van der Waals surface area contributed by atoms with Crippen LogP contribution < -0.4 is 9.47 Å². The number of aromatic nitrogens is 3. The van der Waals surface area contributed by atoms with E-state index >= 15 is 0 Å². The topological polar surface area (TPSA) is 89.7 Å². The van der Waals surface area contributed by atoms with Gasteiger partial charge in [0.1, 0.15) is 22.6 Å². The monoisotopic (exact) mass is 528 g/mol. The Hall–Kier alpha value is -3.91. The summed E-state index contributed by atoms with van der Waals surface area (Å²) in [7, 11) is 3.52. The lowest BCUT2D eigenvalue weighted by Crippen LogP contribution is -2.40. The first-order valence-corrected chi connectivity index (χ1v) is 13.2. The fourth-order valence-corrected chi connectivity index (χ4v) is 5.69. The lowest BCUT2D eigenvalue weighted by atomic mass is 9.84. The SMILES string of the molecule is COc1ccc2c(c1)OC(C)(C)CN(Cc1cc([C@@H](CC(=O)O)c3ccc4c(nnn4C)c3C)ccc1C)C2. The highest BCUT2D eigenvalue weighted by Crippen LogP contribution is 2.36. The number of hydrogen-bond acceptors (Lipinski definition) is 6. The third-order valence-electron chi connectivity index (χ3n) is 7.66. The molecule has 39 heavy (non-hydrogen) atoms. The molecule has 0 bridgehead atoms. The van der Waals surface area contributed by atoms with Gasteiger partial charge in [0.2, 0.25) is 0 Å². The van der Waals surface area contributed by atoms with Crippen molar-refractivity contribution in [3.05, 3.63) is 81.9 Å². The molecule has 204 valence electrons. The summed E-state index contributed by atoms with van der Waals surface area (Å²) < 4.78 is 13.6. The molecule has 8 nitrogen and oxygen atoms in total. The number of aliphatic carboxylic acids is 1. The van der Waals surface area contributed by atoms with Crippen LogP contribution in [-0.2, 0) is 24.9 Å². The Morgan fingerprint density at radius 3 is 2.69 bits per heavy atom. The predicted octanol–water partition coefficient (Wildman–Crippen LogP) is 5.37. The van der Waals surface area contributed by atoms with E-state index in [0.29, 0.717) is 0 Å². The minimum absolute atomic E-state index is 0.00506. The van der Waals surface area contributed by atoms with Crippen molar-refractivity contribution < 1.29 is 19.4 Å². The van der Waals surface area contributed by atoms with Crippen molar-refractivity contribution in [2.24, 2.45) is 7.05 Å². The van der Waals surface area contributed by atoms with Gasteiger partial charge in [-0.3, -0.25) is 9.69 Å². The summed E-state index contributed by atoms with van der Waals surface area (Å²) in [5.41, 5.74) is 7.73. The number of carbonyl (C=O) groups is 1. The van der Waals surface area contributed by atoms with Crippen LogP contribution in [0.15, 0.2) is 48.5 Å². The first-order valence-electron chi connectivity index (χ1n) is 13.2. The number of nitrogens with zero attached hydrogens (tertiary/aromatic N) is 4. The van der Waals surface area contributed by atoms with Gasteiger partial charge in [-0.2, -0.15) is 0 Å². The minimum Gasteiger partial charge on any atom is -0.497 e. The van der Waals surface area contributed by atoms with Gasteiger partial charge in [0.25, 0.3) is 0 Å². The van der Waals surface area contributed by atoms with E-state index in [1.165, 1.54) is 11.1 Å². The zero-order chi connectivity index (χ0) is 27.9. The fourth-order valence-electron chi connectivity index (χ4n) is 5.69. The molecule has 0 saturated carbocycles. The predicted molar refractivity (Wildman–Crippen MR) is 150 cm³/mol. The summed E-state index contributed by atoms with van der Waals surface area (Å²) in [6.45, 7) is 10.5. The summed E-state index contributed by atoms with van der Waals surface area (Å²) in [6, 6.07) is 16.3. The van der Waals surface area contributed by atoms with Crippen molar-refractivity contribution >= 4 is 17.0 Å². The zero-order valence-electron chi connectivity index (χ0n) is 23.5. The van der Waals surface area contributed by atoms with E-state index < -0.39 is 11.6 Å². The molecule has 8 heteroatoms. The van der Waals surface area contributed by atoms with E-state index in [0.717, 1.165) is 64.4 Å². The van der Waals surface area contributed by atoms with Crippen LogP contribution in [0.3, 0.4) is 0 Å². The molecule has 0 fully saturated rings. The van der Waals surface area contributed by atoms with Crippen LogP contribution in [0.5, 0.6) is 11.5 Å². The Morgan fingerprint density at radius 2 is 1.95 bits per heavy atom. The lowest BCUT2D eigenvalue weighted by molar-refractivity contribution is -0.137. The van der Waals surface area contributed by atoms with Crippen LogP contribution in [0.2, 0.25) is 0 Å². The molecule has 0 saturated heterocycles. The largest absolute Gasteiger partial charge is 0.497 e. The van der Waals surface area contributed by atoms with Gasteiger partial charge in [-0.05, 0) is 67.6 Å². The summed E-state index contributed by atoms with van der Waals surface area (Å²) in [6.07, 6.45) is -0.00506. The van der Waals surface area contributed by atoms with Gasteiger partial charge in [-0.25, -0.2) is 4.68 Å². The summed E-state index contributed by atoms with van der Waals surface area (Å²) in [4.78, 5) is 14.4. The number of rotatable bonds is 7. The van der Waals surface area contributed by atoms with Crippen molar-refractivity contribution in [1.29, 1.82) is 0 Å². The smallest absolute Gasteiger partial charge is 0.304 e. The standard InChI is InChI=1S/C31H36N4O4/c1-19-7-8-21(26(15-29(36)37)25-11-12-27-30(20(25)2)32-33-34(27)5)13-23(19)17-35-16-22-9-10-24(38-6)14-28(22)39-31(3,4)18-35/h7-14,26H,15-18H2,1-6H3,(H,36,37)/t26-/m1/s1. The highest BCUT2D eigenvalue weighted by Gasteiger charge is 2.30. The molecule has 1 aromatic heterocycles. The number of carboxylic acids is 1. The van der Waals surface area contributed by atoms with Crippen molar-refractivity contribution in [2.75, 3.05) is 13.7 Å². The normalized spacial score (nSPS) is 15.8. The Balaban J connectivity index is 1.50. The average Bonchev–Trinajstić information content (AvgIpc) is 3.20. The highest BCUT2D eigenvalue weighted by molar-refractivity contribution is 5.80. The van der Waals surface area contributed by atoms with Gasteiger partial charge < -0.3 is 14.6 Å². The van der Waals surface area contributed by atoms with Crippen LogP contribution in [-0.4, -0.2) is 50.2 Å². The number of aryl methyl sites for hydroxylation is 3. The second kappa shape index (κ2) is 10.3. The second-order valence-corrected chi connectivity index (χ2v) is 11.2. The number of methoxy groups -OCH3 is 1. The molecule has 1 atom stereocenters. The summed E-state index contributed by atoms with van der Waals surface area (Å²) >= 11 is 0. The number of ether oxygens (including phenoxy) is 2. The van der Waals surface area contributed by atoms with Crippen molar-refractivity contribution in [3.63, 3.8) is 0 Å². The molecule has 0 aliphatic carbocycles. The number of hydrogen-bond donors (Lipinski definition) is 1. The first kappa shape index (κ1) is 26.7. The van der Waals surface area contributed by atoms with E-state index in [1.54, 1.807) is 11.8 Å². The molecule has 5 rings (SSSR count). The van der Waals surface area contributed by atoms with Gasteiger partial charge in [-0.15, -0.1) is 5.10 Å². The quantitative estimate of drug-likeness (QED) is 0.345. The van der Waals surface area contributed by atoms with Gasteiger partial charge in [0.15, 0.2) is 0 Å². The van der Waals surface area contributed by atoms with Crippen LogP contribution in [0, 0.1) is 13.8 Å². The molecule has 3 aromatic carbocycles.